The molecule has 1 atom stereocenters. The van der Waals surface area contributed by atoms with Gasteiger partial charge in [0.1, 0.15) is 11.9 Å². The van der Waals surface area contributed by atoms with Crippen LogP contribution in [0.2, 0.25) is 5.02 Å². The molecule has 0 unspecified atom stereocenters. The summed E-state index contributed by atoms with van der Waals surface area (Å²) < 4.78 is 7.44. The predicted molar refractivity (Wildman–Crippen MR) is 139 cm³/mol. The number of aliphatic carboxylic acids is 1. The minimum absolute atomic E-state index is 0.0541. The summed E-state index contributed by atoms with van der Waals surface area (Å²) in [5, 5.41) is 15.6. The fraction of sp³-hybridized carbons (Fsp3) is 0.556. The van der Waals surface area contributed by atoms with Crippen LogP contribution in [0.15, 0.2) is 23.0 Å². The number of fused-ring (bicyclic) bond motifs is 2. The molecule has 10 heteroatoms. The van der Waals surface area contributed by atoms with Gasteiger partial charge < -0.3 is 25.0 Å². The zero-order valence-corrected chi connectivity index (χ0v) is 21.6. The van der Waals surface area contributed by atoms with Crippen LogP contribution in [-0.2, 0) is 35.3 Å². The van der Waals surface area contributed by atoms with Crippen LogP contribution in [0.3, 0.4) is 0 Å². The summed E-state index contributed by atoms with van der Waals surface area (Å²) in [6, 6.07) is 4.44. The van der Waals surface area contributed by atoms with Crippen molar-refractivity contribution >= 4 is 29.3 Å². The Labute approximate surface area is 220 Å². The summed E-state index contributed by atoms with van der Waals surface area (Å²) in [5.41, 5.74) is 2.93. The van der Waals surface area contributed by atoms with Crippen LogP contribution >= 0.6 is 11.6 Å². The summed E-state index contributed by atoms with van der Waals surface area (Å²) in [6.45, 7) is 1.76. The maximum absolute atomic E-state index is 12.9. The molecular weight excluding hydrogens is 496 g/mol. The van der Waals surface area contributed by atoms with Crippen LogP contribution in [0.25, 0.3) is 0 Å². The first-order valence-electron chi connectivity index (χ1n) is 13.2. The number of carboxylic acid groups (broad SMARTS) is 1. The molecule has 3 aliphatic rings. The zero-order chi connectivity index (χ0) is 25.9. The van der Waals surface area contributed by atoms with Crippen molar-refractivity contribution in [3.05, 3.63) is 56.1 Å². The molecule has 37 heavy (non-hydrogen) atoms. The highest BCUT2D eigenvalue weighted by molar-refractivity contribution is 6.34. The van der Waals surface area contributed by atoms with E-state index in [0.29, 0.717) is 24.6 Å². The maximum Gasteiger partial charge on any atom is 0.326 e. The van der Waals surface area contributed by atoms with Gasteiger partial charge in [0.05, 0.1) is 16.7 Å². The normalized spacial score (nSPS) is 20.8. The van der Waals surface area contributed by atoms with E-state index in [-0.39, 0.29) is 35.3 Å². The molecule has 2 aromatic rings. The molecule has 1 aliphatic carbocycles. The standard InChI is InChI=1S/C27H33ClN4O5/c28-20-15-23(33)32-11-2-4-22(32)24(20)26(34)31-21(27(35)36)9-12-37-19-13-16(14-19)5-7-18-8-6-17-3-1-10-29-25(17)30-18/h6,8,15-16,19,21H,1-5,7,9-14H2,(H,29,30)(H,31,34)(H,35,36)/t16?,19?,21-/m0/s1. The van der Waals surface area contributed by atoms with Gasteiger partial charge in [0.25, 0.3) is 11.5 Å². The van der Waals surface area contributed by atoms with E-state index in [4.69, 9.17) is 21.3 Å². The number of carboxylic acids is 1. The number of carbonyl (C=O) groups is 2. The third-order valence-corrected chi connectivity index (χ3v) is 8.01. The van der Waals surface area contributed by atoms with Gasteiger partial charge in [0.15, 0.2) is 0 Å². The number of hydrogen-bond acceptors (Lipinski definition) is 6. The number of nitrogens with one attached hydrogen (secondary N) is 2. The molecule has 5 rings (SSSR count). The van der Waals surface area contributed by atoms with Crippen LogP contribution in [0.5, 0.6) is 0 Å². The molecule has 0 bridgehead atoms. The van der Waals surface area contributed by atoms with Crippen LogP contribution in [0.1, 0.15) is 65.8 Å². The first kappa shape index (κ1) is 25.7. The highest BCUT2D eigenvalue weighted by Crippen LogP contribution is 2.34. The first-order chi connectivity index (χ1) is 17.9. The fourth-order valence-corrected chi connectivity index (χ4v) is 5.85. The van der Waals surface area contributed by atoms with Gasteiger partial charge in [-0.15, -0.1) is 0 Å². The van der Waals surface area contributed by atoms with Gasteiger partial charge >= 0.3 is 5.97 Å². The molecule has 0 aromatic carbocycles. The van der Waals surface area contributed by atoms with E-state index in [9.17, 15) is 19.5 Å². The van der Waals surface area contributed by atoms with Crippen molar-refractivity contribution in [1.29, 1.82) is 0 Å². The van der Waals surface area contributed by atoms with Crippen LogP contribution in [0, 0.1) is 5.92 Å². The minimum atomic E-state index is -1.13. The lowest BCUT2D eigenvalue weighted by Crippen LogP contribution is -2.43. The number of amides is 1. The van der Waals surface area contributed by atoms with E-state index in [2.05, 4.69) is 22.8 Å². The Morgan fingerprint density at radius 1 is 1.27 bits per heavy atom. The van der Waals surface area contributed by atoms with E-state index in [1.54, 1.807) is 0 Å². The average molecular weight is 529 g/mol. The smallest absolute Gasteiger partial charge is 0.326 e. The summed E-state index contributed by atoms with van der Waals surface area (Å²) in [5.74, 6) is -0.0861. The maximum atomic E-state index is 12.9. The molecular formula is C27H33ClN4O5. The zero-order valence-electron chi connectivity index (χ0n) is 20.8. The Kier molecular flexibility index (Phi) is 7.81. The fourth-order valence-electron chi connectivity index (χ4n) is 5.56. The van der Waals surface area contributed by atoms with Crippen molar-refractivity contribution in [2.45, 2.75) is 76.5 Å². The number of aryl methyl sites for hydroxylation is 2. The minimum Gasteiger partial charge on any atom is -0.480 e. The Bertz CT molecular complexity index is 1240. The number of ether oxygens (including phenoxy) is 1. The Hall–Kier alpha value is -2.91. The van der Waals surface area contributed by atoms with Gasteiger partial charge in [-0.2, -0.15) is 0 Å². The molecule has 1 saturated carbocycles. The third-order valence-electron chi connectivity index (χ3n) is 7.71. The van der Waals surface area contributed by atoms with Crippen molar-refractivity contribution in [1.82, 2.24) is 14.9 Å². The van der Waals surface area contributed by atoms with E-state index >= 15 is 0 Å². The molecule has 2 aromatic heterocycles. The van der Waals surface area contributed by atoms with Crippen molar-refractivity contribution in [3.63, 3.8) is 0 Å². The first-order valence-corrected chi connectivity index (χ1v) is 13.6. The van der Waals surface area contributed by atoms with E-state index in [1.165, 1.54) is 16.2 Å². The molecule has 3 N–H and O–H groups in total. The summed E-state index contributed by atoms with van der Waals surface area (Å²) in [6.07, 6.45) is 7.73. The number of hydrogen-bond donors (Lipinski definition) is 3. The predicted octanol–water partition coefficient (Wildman–Crippen LogP) is 3.20. The van der Waals surface area contributed by atoms with Crippen LogP contribution in [0.4, 0.5) is 5.82 Å². The number of nitrogens with zero attached hydrogens (tertiary/aromatic N) is 2. The van der Waals surface area contributed by atoms with E-state index in [1.807, 2.05) is 0 Å². The number of anilines is 1. The van der Waals surface area contributed by atoms with Crippen molar-refractivity contribution < 1.29 is 19.4 Å². The van der Waals surface area contributed by atoms with Crippen molar-refractivity contribution in [2.24, 2.45) is 5.92 Å². The molecule has 0 radical (unpaired) electrons. The quantitative estimate of drug-likeness (QED) is 0.433. The van der Waals surface area contributed by atoms with Crippen LogP contribution in [-0.4, -0.2) is 51.8 Å². The number of carbonyl (C=O) groups excluding carboxylic acids is 1. The lowest BCUT2D eigenvalue weighted by molar-refractivity contribution is -0.140. The number of halogens is 1. The molecule has 0 spiro atoms. The second-order valence-electron chi connectivity index (χ2n) is 10.3. The van der Waals surface area contributed by atoms with Gasteiger partial charge in [-0.3, -0.25) is 9.59 Å². The topological polar surface area (TPSA) is 123 Å². The Morgan fingerprint density at radius 3 is 2.92 bits per heavy atom. The Morgan fingerprint density at radius 2 is 2.11 bits per heavy atom. The highest BCUT2D eigenvalue weighted by atomic mass is 35.5. The summed E-state index contributed by atoms with van der Waals surface area (Å²) in [7, 11) is 0. The SMILES string of the molecule is O=C(N[C@@H](CCOC1CC(CCc2ccc3c(n2)NCCC3)C1)C(=O)O)c1c(Cl)cc(=O)n2c1CCC2. The number of aromatic nitrogens is 2. The van der Waals surface area contributed by atoms with Gasteiger partial charge in [0, 0.05) is 43.6 Å². The average Bonchev–Trinajstić information content (AvgIpc) is 3.34. The second kappa shape index (κ2) is 11.2. The molecule has 1 fully saturated rings. The lowest BCUT2D eigenvalue weighted by atomic mass is 9.79. The van der Waals surface area contributed by atoms with E-state index < -0.39 is 17.9 Å². The second-order valence-corrected chi connectivity index (χ2v) is 10.7. The van der Waals surface area contributed by atoms with Crippen LogP contribution < -0.4 is 16.2 Å². The largest absolute Gasteiger partial charge is 0.480 e. The molecule has 198 valence electrons. The van der Waals surface area contributed by atoms with Gasteiger partial charge in [-0.05, 0) is 68.9 Å². The number of rotatable bonds is 10. The van der Waals surface area contributed by atoms with Gasteiger partial charge in [-0.25, -0.2) is 9.78 Å². The molecule has 0 saturated heterocycles. The third kappa shape index (κ3) is 5.83. The monoisotopic (exact) mass is 528 g/mol. The molecule has 1 amide bonds. The molecule has 2 aliphatic heterocycles. The Balaban J connectivity index is 1.06. The van der Waals surface area contributed by atoms with Gasteiger partial charge in [-0.1, -0.05) is 17.7 Å². The summed E-state index contributed by atoms with van der Waals surface area (Å²) in [4.78, 5) is 41.6. The highest BCUT2D eigenvalue weighted by Gasteiger charge is 2.31. The number of pyridine rings is 2. The van der Waals surface area contributed by atoms with Crippen molar-refractivity contribution in [2.75, 3.05) is 18.5 Å². The molecule has 9 nitrogen and oxygen atoms in total. The van der Waals surface area contributed by atoms with Gasteiger partial charge in [0.2, 0.25) is 0 Å². The lowest BCUT2D eigenvalue weighted by Gasteiger charge is -2.35. The van der Waals surface area contributed by atoms with E-state index in [0.717, 1.165) is 63.0 Å². The van der Waals surface area contributed by atoms with Crippen molar-refractivity contribution in [3.8, 4) is 0 Å². The molecule has 4 heterocycles. The summed E-state index contributed by atoms with van der Waals surface area (Å²) >= 11 is 6.20.